The van der Waals surface area contributed by atoms with Crippen molar-refractivity contribution in [2.24, 2.45) is 0 Å². The lowest BCUT2D eigenvalue weighted by atomic mass is 10.1. The average molecular weight is 424 g/mol. The van der Waals surface area contributed by atoms with Crippen LogP contribution in [0.2, 0.25) is 5.02 Å². The van der Waals surface area contributed by atoms with E-state index in [0.717, 1.165) is 45.2 Å². The van der Waals surface area contributed by atoms with Gasteiger partial charge in [0.1, 0.15) is 23.5 Å². The van der Waals surface area contributed by atoms with Crippen LogP contribution in [0.5, 0.6) is 11.5 Å². The molecule has 0 fully saturated rings. The first-order valence-corrected chi connectivity index (χ1v) is 10.5. The normalized spacial score (nSPS) is 14.5. The summed E-state index contributed by atoms with van der Waals surface area (Å²) >= 11 is 6.00. The van der Waals surface area contributed by atoms with Gasteiger partial charge in [0, 0.05) is 16.3 Å². The molecule has 1 aliphatic heterocycles. The largest absolute Gasteiger partial charge is 0.457 e. The Morgan fingerprint density at radius 2 is 1.61 bits per heavy atom. The Bertz CT molecular complexity index is 1410. The van der Waals surface area contributed by atoms with Crippen molar-refractivity contribution in [3.05, 3.63) is 108 Å². The summed E-state index contributed by atoms with van der Waals surface area (Å²) in [5.41, 5.74) is 5.33. The van der Waals surface area contributed by atoms with Crippen molar-refractivity contribution in [1.82, 2.24) is 9.55 Å². The molecule has 0 spiro atoms. The molecule has 5 heteroatoms. The Labute approximate surface area is 184 Å². The minimum atomic E-state index is -0.105. The number of nitrogens with one attached hydrogen (secondary N) is 1. The fourth-order valence-electron chi connectivity index (χ4n) is 4.13. The van der Waals surface area contributed by atoms with E-state index in [9.17, 15) is 0 Å². The van der Waals surface area contributed by atoms with E-state index in [1.54, 1.807) is 0 Å². The molecule has 6 rings (SSSR count). The zero-order valence-corrected chi connectivity index (χ0v) is 17.3. The zero-order chi connectivity index (χ0) is 20.8. The summed E-state index contributed by atoms with van der Waals surface area (Å²) in [6.45, 7) is 0. The van der Waals surface area contributed by atoms with E-state index in [1.165, 1.54) is 0 Å². The number of rotatable bonds is 3. The summed E-state index contributed by atoms with van der Waals surface area (Å²) in [6.07, 6.45) is -0.105. The SMILES string of the molecule is Clc1ccc(Oc2cccc(C3Nc4ccccc4-c4nc5ccccc5n43)c2)cc1. The fraction of sp³-hybridized carbons (Fsp3) is 0.0385. The monoisotopic (exact) mass is 423 g/mol. The lowest BCUT2D eigenvalue weighted by molar-refractivity contribution is 0.481. The molecule has 2 heterocycles. The Balaban J connectivity index is 1.46. The maximum atomic E-state index is 6.08. The highest BCUT2D eigenvalue weighted by atomic mass is 35.5. The quantitative estimate of drug-likeness (QED) is 0.335. The lowest BCUT2D eigenvalue weighted by Crippen LogP contribution is -2.24. The summed E-state index contributed by atoms with van der Waals surface area (Å²) in [7, 11) is 0. The molecular weight excluding hydrogens is 406 g/mol. The molecule has 1 aliphatic rings. The summed E-state index contributed by atoms with van der Waals surface area (Å²) < 4.78 is 8.34. The van der Waals surface area contributed by atoms with Crippen LogP contribution in [0.25, 0.3) is 22.4 Å². The number of aromatic nitrogens is 2. The Hall–Kier alpha value is -3.76. The predicted octanol–water partition coefficient (Wildman–Crippen LogP) is 7.12. The summed E-state index contributed by atoms with van der Waals surface area (Å²) in [4.78, 5) is 4.95. The van der Waals surface area contributed by atoms with Crippen LogP contribution in [0.3, 0.4) is 0 Å². The maximum Gasteiger partial charge on any atom is 0.145 e. The molecule has 0 bridgehead atoms. The van der Waals surface area contributed by atoms with Crippen LogP contribution in [0.1, 0.15) is 11.7 Å². The van der Waals surface area contributed by atoms with Gasteiger partial charge in [-0.25, -0.2) is 4.98 Å². The smallest absolute Gasteiger partial charge is 0.145 e. The van der Waals surface area contributed by atoms with E-state index in [4.69, 9.17) is 21.3 Å². The summed E-state index contributed by atoms with van der Waals surface area (Å²) in [5.74, 6) is 2.48. The number of ether oxygens (including phenoxy) is 1. The topological polar surface area (TPSA) is 39.1 Å². The molecule has 1 N–H and O–H groups in total. The van der Waals surface area contributed by atoms with Crippen molar-refractivity contribution in [3.63, 3.8) is 0 Å². The molecule has 31 heavy (non-hydrogen) atoms. The van der Waals surface area contributed by atoms with Gasteiger partial charge >= 0.3 is 0 Å². The number of fused-ring (bicyclic) bond motifs is 5. The molecule has 4 nitrogen and oxygen atoms in total. The molecular formula is C26H18ClN3O. The zero-order valence-electron chi connectivity index (χ0n) is 16.5. The van der Waals surface area contributed by atoms with Gasteiger partial charge in [0.05, 0.1) is 11.0 Å². The number of hydrogen-bond donors (Lipinski definition) is 1. The van der Waals surface area contributed by atoms with Gasteiger partial charge in [-0.15, -0.1) is 0 Å². The van der Waals surface area contributed by atoms with Crippen molar-refractivity contribution >= 4 is 28.3 Å². The molecule has 5 aromatic rings. The number of imidazole rings is 1. The van der Waals surface area contributed by atoms with E-state index in [-0.39, 0.29) is 6.17 Å². The van der Waals surface area contributed by atoms with Crippen LogP contribution in [-0.4, -0.2) is 9.55 Å². The van der Waals surface area contributed by atoms with Crippen LogP contribution in [0.15, 0.2) is 97.1 Å². The number of nitrogens with zero attached hydrogens (tertiary/aromatic N) is 2. The number of halogens is 1. The van der Waals surface area contributed by atoms with Crippen molar-refractivity contribution in [2.75, 3.05) is 5.32 Å². The van der Waals surface area contributed by atoms with Crippen LogP contribution in [0.4, 0.5) is 5.69 Å². The Morgan fingerprint density at radius 1 is 0.806 bits per heavy atom. The van der Waals surface area contributed by atoms with Gasteiger partial charge in [-0.1, -0.05) is 48.0 Å². The van der Waals surface area contributed by atoms with Gasteiger partial charge in [0.25, 0.3) is 0 Å². The highest BCUT2D eigenvalue weighted by Crippen LogP contribution is 2.41. The van der Waals surface area contributed by atoms with E-state index < -0.39 is 0 Å². The highest BCUT2D eigenvalue weighted by Gasteiger charge is 2.28. The van der Waals surface area contributed by atoms with Crippen LogP contribution < -0.4 is 10.1 Å². The van der Waals surface area contributed by atoms with E-state index in [0.29, 0.717) is 5.02 Å². The minimum Gasteiger partial charge on any atom is -0.457 e. The number of para-hydroxylation sites is 3. The molecule has 1 atom stereocenters. The standard InChI is InChI=1S/C26H18ClN3O/c27-18-12-14-19(15-13-18)31-20-7-5-6-17(16-20)25-28-22-9-2-1-8-21(22)26-29-23-10-3-4-11-24(23)30(25)26/h1-16,25,28H. The third-order valence-corrected chi connectivity index (χ3v) is 5.79. The molecule has 150 valence electrons. The molecule has 1 aromatic heterocycles. The van der Waals surface area contributed by atoms with E-state index >= 15 is 0 Å². The van der Waals surface area contributed by atoms with E-state index in [2.05, 4.69) is 52.3 Å². The minimum absolute atomic E-state index is 0.105. The highest BCUT2D eigenvalue weighted by molar-refractivity contribution is 6.30. The van der Waals surface area contributed by atoms with Crippen molar-refractivity contribution in [3.8, 4) is 22.9 Å². The molecule has 1 unspecified atom stereocenters. The first-order valence-electron chi connectivity index (χ1n) is 10.1. The second kappa shape index (κ2) is 7.18. The first kappa shape index (κ1) is 18.0. The number of anilines is 1. The van der Waals surface area contributed by atoms with Crippen molar-refractivity contribution in [2.45, 2.75) is 6.17 Å². The third-order valence-electron chi connectivity index (χ3n) is 5.54. The Morgan fingerprint density at radius 3 is 2.52 bits per heavy atom. The Kier molecular flexibility index (Phi) is 4.18. The summed E-state index contributed by atoms with van der Waals surface area (Å²) in [6, 6.07) is 32.1. The van der Waals surface area contributed by atoms with E-state index in [1.807, 2.05) is 54.6 Å². The van der Waals surface area contributed by atoms with Gasteiger partial charge < -0.3 is 10.1 Å². The second-order valence-electron chi connectivity index (χ2n) is 7.52. The molecule has 0 radical (unpaired) electrons. The molecule has 4 aromatic carbocycles. The average Bonchev–Trinajstić information content (AvgIpc) is 3.20. The fourth-order valence-corrected chi connectivity index (χ4v) is 4.26. The van der Waals surface area contributed by atoms with Gasteiger partial charge in [-0.05, 0) is 66.2 Å². The van der Waals surface area contributed by atoms with Gasteiger partial charge in [0.15, 0.2) is 0 Å². The number of benzene rings is 4. The predicted molar refractivity (Wildman–Crippen MR) is 125 cm³/mol. The second-order valence-corrected chi connectivity index (χ2v) is 7.95. The van der Waals surface area contributed by atoms with Crippen LogP contribution in [-0.2, 0) is 0 Å². The van der Waals surface area contributed by atoms with Crippen molar-refractivity contribution in [1.29, 1.82) is 0 Å². The van der Waals surface area contributed by atoms with Gasteiger partial charge in [0.2, 0.25) is 0 Å². The first-order chi connectivity index (χ1) is 15.3. The van der Waals surface area contributed by atoms with Crippen LogP contribution in [0, 0.1) is 0 Å². The van der Waals surface area contributed by atoms with Gasteiger partial charge in [-0.3, -0.25) is 4.57 Å². The van der Waals surface area contributed by atoms with Crippen LogP contribution >= 0.6 is 11.6 Å². The summed E-state index contributed by atoms with van der Waals surface area (Å²) in [5, 5.41) is 4.38. The third kappa shape index (κ3) is 3.13. The lowest BCUT2D eigenvalue weighted by Gasteiger charge is -2.30. The molecule has 0 amide bonds. The molecule has 0 saturated carbocycles. The molecule has 0 saturated heterocycles. The van der Waals surface area contributed by atoms with Crippen molar-refractivity contribution < 1.29 is 4.74 Å². The van der Waals surface area contributed by atoms with Gasteiger partial charge in [-0.2, -0.15) is 0 Å². The number of hydrogen-bond acceptors (Lipinski definition) is 3. The molecule has 0 aliphatic carbocycles. The maximum absolute atomic E-state index is 6.08.